The summed E-state index contributed by atoms with van der Waals surface area (Å²) in [4.78, 5) is 27.8. The zero-order chi connectivity index (χ0) is 18.8. The molecule has 0 aliphatic carbocycles. The van der Waals surface area contributed by atoms with Crippen LogP contribution in [0.5, 0.6) is 5.75 Å². The Balaban J connectivity index is 1.70. The minimum atomic E-state index is -0.174. The monoisotopic (exact) mass is 363 g/mol. The van der Waals surface area contributed by atoms with Crippen molar-refractivity contribution < 1.29 is 19.1 Å². The Bertz CT molecular complexity index is 586. The third-order valence-electron chi connectivity index (χ3n) is 4.37. The fourth-order valence-corrected chi connectivity index (χ4v) is 2.87. The van der Waals surface area contributed by atoms with Gasteiger partial charge in [-0.1, -0.05) is 25.5 Å². The SMILES string of the molecule is CCCCNC(=O)COCC(=O)N1CCN(c2ccccc2OC)CC1. The standard InChI is InChI=1S/C19H29N3O4/c1-3-4-9-20-18(23)14-26-15-19(24)22-12-10-21(11-13-22)16-7-5-6-8-17(16)25-2/h5-8H,3-4,9-15H2,1-2H3,(H,20,23). The Labute approximate surface area is 155 Å². The summed E-state index contributed by atoms with van der Waals surface area (Å²) in [5.74, 6) is 0.586. The lowest BCUT2D eigenvalue weighted by Crippen LogP contribution is -2.50. The van der Waals surface area contributed by atoms with Crippen LogP contribution in [-0.4, -0.2) is 69.8 Å². The minimum Gasteiger partial charge on any atom is -0.495 e. The Kier molecular flexibility index (Phi) is 8.21. The number of hydrogen-bond acceptors (Lipinski definition) is 5. The molecule has 0 spiro atoms. The number of amides is 2. The second kappa shape index (κ2) is 10.7. The lowest BCUT2D eigenvalue weighted by Gasteiger charge is -2.36. The van der Waals surface area contributed by atoms with Crippen LogP contribution in [0.25, 0.3) is 0 Å². The van der Waals surface area contributed by atoms with Gasteiger partial charge >= 0.3 is 0 Å². The van der Waals surface area contributed by atoms with Crippen LogP contribution in [0.4, 0.5) is 5.69 Å². The minimum absolute atomic E-state index is 0.0597. The summed E-state index contributed by atoms with van der Waals surface area (Å²) in [6, 6.07) is 7.88. The Morgan fingerprint density at radius 3 is 2.54 bits per heavy atom. The van der Waals surface area contributed by atoms with Gasteiger partial charge in [0.1, 0.15) is 19.0 Å². The van der Waals surface area contributed by atoms with Crippen LogP contribution < -0.4 is 15.0 Å². The van der Waals surface area contributed by atoms with Gasteiger partial charge in [-0.25, -0.2) is 0 Å². The summed E-state index contributed by atoms with van der Waals surface area (Å²) in [6.07, 6.45) is 1.97. The van der Waals surface area contributed by atoms with E-state index >= 15 is 0 Å². The average molecular weight is 363 g/mol. The number of carbonyl (C=O) groups excluding carboxylic acids is 2. The molecule has 1 saturated heterocycles. The number of unbranched alkanes of at least 4 members (excludes halogenated alkanes) is 1. The van der Waals surface area contributed by atoms with Crippen molar-refractivity contribution in [1.29, 1.82) is 0 Å². The molecular formula is C19H29N3O4. The van der Waals surface area contributed by atoms with Crippen LogP contribution in [0.1, 0.15) is 19.8 Å². The van der Waals surface area contributed by atoms with E-state index in [0.29, 0.717) is 19.6 Å². The van der Waals surface area contributed by atoms with Crippen molar-refractivity contribution in [2.24, 2.45) is 0 Å². The van der Waals surface area contributed by atoms with E-state index in [2.05, 4.69) is 17.1 Å². The molecular weight excluding hydrogens is 334 g/mol. The third-order valence-corrected chi connectivity index (χ3v) is 4.37. The maximum absolute atomic E-state index is 12.2. The zero-order valence-corrected chi connectivity index (χ0v) is 15.7. The van der Waals surface area contributed by atoms with Gasteiger partial charge in [0, 0.05) is 32.7 Å². The number of methoxy groups -OCH3 is 1. The first-order chi connectivity index (χ1) is 12.7. The van der Waals surface area contributed by atoms with Crippen LogP contribution in [0.2, 0.25) is 0 Å². The molecule has 0 saturated carbocycles. The van der Waals surface area contributed by atoms with Gasteiger partial charge in [0.05, 0.1) is 12.8 Å². The fourth-order valence-electron chi connectivity index (χ4n) is 2.87. The van der Waals surface area contributed by atoms with Gasteiger partial charge in [0.15, 0.2) is 0 Å². The number of hydrogen-bond donors (Lipinski definition) is 1. The third kappa shape index (κ3) is 5.91. The number of anilines is 1. The van der Waals surface area contributed by atoms with E-state index in [-0.39, 0.29) is 25.0 Å². The smallest absolute Gasteiger partial charge is 0.248 e. The number of benzene rings is 1. The van der Waals surface area contributed by atoms with Crippen molar-refractivity contribution >= 4 is 17.5 Å². The molecule has 7 heteroatoms. The zero-order valence-electron chi connectivity index (χ0n) is 15.7. The fraction of sp³-hybridized carbons (Fsp3) is 0.579. The van der Waals surface area contributed by atoms with E-state index in [1.165, 1.54) is 0 Å². The highest BCUT2D eigenvalue weighted by Crippen LogP contribution is 2.28. The summed E-state index contributed by atoms with van der Waals surface area (Å²) < 4.78 is 10.7. The number of nitrogens with zero attached hydrogens (tertiary/aromatic N) is 2. The topological polar surface area (TPSA) is 71.1 Å². The van der Waals surface area contributed by atoms with Crippen molar-refractivity contribution in [3.05, 3.63) is 24.3 Å². The van der Waals surface area contributed by atoms with Crippen molar-refractivity contribution in [1.82, 2.24) is 10.2 Å². The molecule has 7 nitrogen and oxygen atoms in total. The number of ether oxygens (including phenoxy) is 2. The highest BCUT2D eigenvalue weighted by Gasteiger charge is 2.22. The number of rotatable bonds is 9. The maximum Gasteiger partial charge on any atom is 0.248 e. The molecule has 2 rings (SSSR count). The predicted molar refractivity (Wildman–Crippen MR) is 101 cm³/mol. The van der Waals surface area contributed by atoms with Gasteiger partial charge < -0.3 is 24.6 Å². The second-order valence-electron chi connectivity index (χ2n) is 6.24. The molecule has 26 heavy (non-hydrogen) atoms. The molecule has 0 atom stereocenters. The number of para-hydroxylation sites is 2. The Morgan fingerprint density at radius 2 is 1.85 bits per heavy atom. The first-order valence-electron chi connectivity index (χ1n) is 9.16. The quantitative estimate of drug-likeness (QED) is 0.669. The van der Waals surface area contributed by atoms with Gasteiger partial charge in [-0.3, -0.25) is 9.59 Å². The van der Waals surface area contributed by atoms with E-state index in [9.17, 15) is 9.59 Å². The molecule has 0 radical (unpaired) electrons. The molecule has 1 aliphatic rings. The first-order valence-corrected chi connectivity index (χ1v) is 9.16. The number of piperazine rings is 1. The lowest BCUT2D eigenvalue weighted by molar-refractivity contribution is -0.138. The summed E-state index contributed by atoms with van der Waals surface area (Å²) in [6.45, 7) is 5.32. The Morgan fingerprint density at radius 1 is 1.12 bits per heavy atom. The molecule has 2 amide bonds. The molecule has 144 valence electrons. The van der Waals surface area contributed by atoms with E-state index in [1.807, 2.05) is 24.3 Å². The molecule has 1 aromatic rings. The molecule has 1 fully saturated rings. The summed E-state index contributed by atoms with van der Waals surface area (Å²) >= 11 is 0. The summed E-state index contributed by atoms with van der Waals surface area (Å²) in [7, 11) is 1.66. The molecule has 1 aromatic carbocycles. The molecule has 1 N–H and O–H groups in total. The van der Waals surface area contributed by atoms with Crippen LogP contribution in [-0.2, 0) is 14.3 Å². The van der Waals surface area contributed by atoms with E-state index < -0.39 is 0 Å². The molecule has 1 aliphatic heterocycles. The molecule has 0 bridgehead atoms. The summed E-state index contributed by atoms with van der Waals surface area (Å²) in [5, 5.41) is 2.76. The first kappa shape index (κ1) is 20.0. The predicted octanol–water partition coefficient (Wildman–Crippen LogP) is 1.28. The van der Waals surface area contributed by atoms with Crippen LogP contribution in [0.3, 0.4) is 0 Å². The Hall–Kier alpha value is -2.28. The normalized spacial score (nSPS) is 14.2. The van der Waals surface area contributed by atoms with Crippen molar-refractivity contribution in [2.75, 3.05) is 57.9 Å². The molecule has 0 aromatic heterocycles. The number of carbonyl (C=O) groups is 2. The van der Waals surface area contributed by atoms with Gasteiger partial charge in [-0.15, -0.1) is 0 Å². The molecule has 0 unspecified atom stereocenters. The van der Waals surface area contributed by atoms with E-state index in [0.717, 1.165) is 37.4 Å². The van der Waals surface area contributed by atoms with Crippen molar-refractivity contribution in [3.63, 3.8) is 0 Å². The van der Waals surface area contributed by atoms with Crippen LogP contribution in [0.15, 0.2) is 24.3 Å². The van der Waals surface area contributed by atoms with E-state index in [4.69, 9.17) is 9.47 Å². The van der Waals surface area contributed by atoms with Gasteiger partial charge in [0.25, 0.3) is 0 Å². The van der Waals surface area contributed by atoms with Crippen molar-refractivity contribution in [3.8, 4) is 5.75 Å². The van der Waals surface area contributed by atoms with Gasteiger partial charge in [-0.2, -0.15) is 0 Å². The highest BCUT2D eigenvalue weighted by molar-refractivity contribution is 5.80. The van der Waals surface area contributed by atoms with E-state index in [1.54, 1.807) is 12.0 Å². The summed E-state index contributed by atoms with van der Waals surface area (Å²) in [5.41, 5.74) is 1.04. The number of nitrogens with one attached hydrogen (secondary N) is 1. The van der Waals surface area contributed by atoms with Crippen LogP contribution >= 0.6 is 0 Å². The molecule has 1 heterocycles. The van der Waals surface area contributed by atoms with Crippen molar-refractivity contribution in [2.45, 2.75) is 19.8 Å². The van der Waals surface area contributed by atoms with Gasteiger partial charge in [-0.05, 0) is 18.6 Å². The maximum atomic E-state index is 12.2. The second-order valence-corrected chi connectivity index (χ2v) is 6.24. The highest BCUT2D eigenvalue weighted by atomic mass is 16.5. The largest absolute Gasteiger partial charge is 0.495 e. The lowest BCUT2D eigenvalue weighted by atomic mass is 10.2. The average Bonchev–Trinajstić information content (AvgIpc) is 2.68. The van der Waals surface area contributed by atoms with Crippen LogP contribution in [0, 0.1) is 0 Å². The van der Waals surface area contributed by atoms with Gasteiger partial charge in [0.2, 0.25) is 11.8 Å².